The average Bonchev–Trinajstić information content (AvgIpc) is 3.06. The molecule has 168 valence electrons. The van der Waals surface area contributed by atoms with Crippen LogP contribution in [0.4, 0.5) is 5.69 Å². The van der Waals surface area contributed by atoms with Crippen molar-refractivity contribution in [1.82, 2.24) is 5.32 Å². The zero-order valence-corrected chi connectivity index (χ0v) is 19.9. The fourth-order valence-electron chi connectivity index (χ4n) is 5.57. The molecule has 2 N–H and O–H groups in total. The van der Waals surface area contributed by atoms with Gasteiger partial charge in [-0.05, 0) is 52.4 Å². The molecule has 0 saturated carbocycles. The topological polar surface area (TPSA) is 58.2 Å². The first kappa shape index (κ1) is 22.0. The first-order chi connectivity index (χ1) is 15.8. The van der Waals surface area contributed by atoms with Crippen LogP contribution in [0.3, 0.4) is 0 Å². The predicted octanol–water partition coefficient (Wildman–Crippen LogP) is 6.35. The summed E-state index contributed by atoms with van der Waals surface area (Å²) in [5.41, 5.74) is 3.38. The van der Waals surface area contributed by atoms with Crippen molar-refractivity contribution in [2.45, 2.75) is 43.6 Å². The number of benzene rings is 3. The molecule has 1 fully saturated rings. The van der Waals surface area contributed by atoms with Gasteiger partial charge in [0.1, 0.15) is 5.41 Å². The zero-order chi connectivity index (χ0) is 23.3. The molecule has 0 aromatic heterocycles. The molecule has 1 spiro atoms. The summed E-state index contributed by atoms with van der Waals surface area (Å²) in [7, 11) is 0. The SMILES string of the molecule is CC(C)c1ccccc1[C@@H]1NC(=O)C[C@H](c2cccc(Cl)c2)[C@@]12C(=O)Nc1cc(Cl)ccc12. The van der Waals surface area contributed by atoms with Gasteiger partial charge in [-0.3, -0.25) is 9.59 Å². The Labute approximate surface area is 203 Å². The van der Waals surface area contributed by atoms with Crippen molar-refractivity contribution in [1.29, 1.82) is 0 Å². The lowest BCUT2D eigenvalue weighted by molar-refractivity contribution is -0.131. The molecule has 0 aliphatic carbocycles. The van der Waals surface area contributed by atoms with Gasteiger partial charge in [-0.2, -0.15) is 0 Å². The summed E-state index contributed by atoms with van der Waals surface area (Å²) < 4.78 is 0. The minimum Gasteiger partial charge on any atom is -0.348 e. The third kappa shape index (κ3) is 3.44. The third-order valence-electron chi connectivity index (χ3n) is 6.93. The van der Waals surface area contributed by atoms with E-state index in [2.05, 4.69) is 30.5 Å². The maximum absolute atomic E-state index is 14.0. The van der Waals surface area contributed by atoms with Gasteiger partial charge in [0.2, 0.25) is 11.8 Å². The Morgan fingerprint density at radius 3 is 2.45 bits per heavy atom. The van der Waals surface area contributed by atoms with Gasteiger partial charge in [-0.25, -0.2) is 0 Å². The number of amides is 2. The maximum Gasteiger partial charge on any atom is 0.238 e. The molecule has 2 aliphatic heterocycles. The van der Waals surface area contributed by atoms with Crippen molar-refractivity contribution in [2.75, 3.05) is 5.32 Å². The summed E-state index contributed by atoms with van der Waals surface area (Å²) in [4.78, 5) is 27.1. The van der Waals surface area contributed by atoms with Crippen LogP contribution in [0.25, 0.3) is 0 Å². The van der Waals surface area contributed by atoms with E-state index in [0.29, 0.717) is 15.7 Å². The standard InChI is InChI=1S/C27H24Cl2N2O2/c1-15(2)19-8-3-4-9-20(19)25-27(21-11-10-18(29)13-23(21)30-26(27)33)22(14-24(32)31-25)16-6-5-7-17(28)12-16/h3-13,15,22,25H,14H2,1-2H3,(H,30,33)(H,31,32)/t22-,25+,27-/m1/s1. The first-order valence-electron chi connectivity index (χ1n) is 11.1. The van der Waals surface area contributed by atoms with Crippen molar-refractivity contribution in [3.63, 3.8) is 0 Å². The summed E-state index contributed by atoms with van der Waals surface area (Å²) in [5.74, 6) is -0.425. The Hall–Kier alpha value is -2.82. The highest BCUT2D eigenvalue weighted by molar-refractivity contribution is 6.31. The van der Waals surface area contributed by atoms with Gasteiger partial charge in [-0.1, -0.05) is 79.5 Å². The second-order valence-electron chi connectivity index (χ2n) is 9.11. The lowest BCUT2D eigenvalue weighted by Crippen LogP contribution is -2.57. The molecule has 2 heterocycles. The Kier molecular flexibility index (Phi) is 5.46. The van der Waals surface area contributed by atoms with Gasteiger partial charge >= 0.3 is 0 Å². The lowest BCUT2D eigenvalue weighted by Gasteiger charge is -2.47. The fraction of sp³-hybridized carbons (Fsp3) is 0.259. The number of fused-ring (bicyclic) bond motifs is 2. The molecule has 4 nitrogen and oxygen atoms in total. The van der Waals surface area contributed by atoms with Gasteiger partial charge in [-0.15, -0.1) is 0 Å². The lowest BCUT2D eigenvalue weighted by atomic mass is 9.58. The minimum atomic E-state index is -1.05. The van der Waals surface area contributed by atoms with Gasteiger partial charge in [0.05, 0.1) is 6.04 Å². The summed E-state index contributed by atoms with van der Waals surface area (Å²) >= 11 is 12.6. The van der Waals surface area contributed by atoms with Gasteiger partial charge in [0, 0.05) is 28.1 Å². The van der Waals surface area contributed by atoms with E-state index in [1.165, 1.54) is 0 Å². The van der Waals surface area contributed by atoms with Crippen LogP contribution >= 0.6 is 23.2 Å². The second-order valence-corrected chi connectivity index (χ2v) is 9.98. The molecule has 1 saturated heterocycles. The number of hydrogen-bond acceptors (Lipinski definition) is 2. The number of halogens is 2. The number of carbonyl (C=O) groups is 2. The van der Waals surface area contributed by atoms with Crippen LogP contribution in [0, 0.1) is 0 Å². The van der Waals surface area contributed by atoms with Crippen molar-refractivity contribution in [3.05, 3.63) is 99.0 Å². The second kappa shape index (κ2) is 8.19. The normalized spacial score (nSPS) is 24.0. The molecular weight excluding hydrogens is 455 g/mol. The van der Waals surface area contributed by atoms with Crippen molar-refractivity contribution in [3.8, 4) is 0 Å². The van der Waals surface area contributed by atoms with E-state index >= 15 is 0 Å². The van der Waals surface area contributed by atoms with Crippen molar-refractivity contribution in [2.24, 2.45) is 0 Å². The van der Waals surface area contributed by atoms with Gasteiger partial charge in [0.15, 0.2) is 0 Å². The highest BCUT2D eigenvalue weighted by Gasteiger charge is 2.61. The molecule has 3 aromatic rings. The third-order valence-corrected chi connectivity index (χ3v) is 7.40. The summed E-state index contributed by atoms with van der Waals surface area (Å²) in [6, 6.07) is 20.5. The largest absolute Gasteiger partial charge is 0.348 e. The van der Waals surface area contributed by atoms with Crippen LogP contribution in [0.2, 0.25) is 10.0 Å². The average molecular weight is 479 g/mol. The number of hydrogen-bond donors (Lipinski definition) is 2. The highest BCUT2D eigenvalue weighted by Crippen LogP contribution is 2.58. The van der Waals surface area contributed by atoms with E-state index in [-0.39, 0.29) is 24.2 Å². The molecule has 0 bridgehead atoms. The van der Waals surface area contributed by atoms with E-state index < -0.39 is 17.4 Å². The summed E-state index contributed by atoms with van der Waals surface area (Å²) in [6.45, 7) is 4.24. The quantitative estimate of drug-likeness (QED) is 0.460. The number of nitrogens with one attached hydrogen (secondary N) is 2. The van der Waals surface area contributed by atoms with E-state index in [0.717, 1.165) is 22.3 Å². The smallest absolute Gasteiger partial charge is 0.238 e. The Morgan fingerprint density at radius 2 is 1.70 bits per heavy atom. The number of piperidine rings is 1. The number of rotatable bonds is 3. The molecule has 3 aromatic carbocycles. The van der Waals surface area contributed by atoms with Gasteiger partial charge in [0.25, 0.3) is 0 Å². The first-order valence-corrected chi connectivity index (χ1v) is 11.8. The van der Waals surface area contributed by atoms with Crippen LogP contribution < -0.4 is 10.6 Å². The van der Waals surface area contributed by atoms with Gasteiger partial charge < -0.3 is 10.6 Å². The summed E-state index contributed by atoms with van der Waals surface area (Å²) in [6.07, 6.45) is 0.177. The molecule has 0 unspecified atom stereocenters. The van der Waals surface area contributed by atoms with Crippen LogP contribution in [0.5, 0.6) is 0 Å². The Bertz CT molecular complexity index is 1270. The molecule has 3 atom stereocenters. The van der Waals surface area contributed by atoms with Crippen molar-refractivity contribution >= 4 is 40.7 Å². The highest BCUT2D eigenvalue weighted by atomic mass is 35.5. The van der Waals surface area contributed by atoms with E-state index in [1.54, 1.807) is 18.2 Å². The van der Waals surface area contributed by atoms with E-state index in [1.807, 2.05) is 42.5 Å². The fourth-order valence-corrected chi connectivity index (χ4v) is 5.94. The minimum absolute atomic E-state index is 0.0932. The molecule has 33 heavy (non-hydrogen) atoms. The molecule has 5 rings (SSSR count). The zero-order valence-electron chi connectivity index (χ0n) is 18.4. The van der Waals surface area contributed by atoms with Crippen LogP contribution in [-0.4, -0.2) is 11.8 Å². The number of carbonyl (C=O) groups excluding carboxylic acids is 2. The van der Waals surface area contributed by atoms with Crippen LogP contribution in [0.1, 0.15) is 60.4 Å². The van der Waals surface area contributed by atoms with Crippen LogP contribution in [-0.2, 0) is 15.0 Å². The van der Waals surface area contributed by atoms with E-state index in [4.69, 9.17) is 23.2 Å². The van der Waals surface area contributed by atoms with Crippen LogP contribution in [0.15, 0.2) is 66.7 Å². The monoisotopic (exact) mass is 478 g/mol. The predicted molar refractivity (Wildman–Crippen MR) is 132 cm³/mol. The Morgan fingerprint density at radius 1 is 0.939 bits per heavy atom. The van der Waals surface area contributed by atoms with Crippen molar-refractivity contribution < 1.29 is 9.59 Å². The van der Waals surface area contributed by atoms with E-state index in [9.17, 15) is 9.59 Å². The Balaban J connectivity index is 1.83. The number of anilines is 1. The summed E-state index contributed by atoms with van der Waals surface area (Å²) in [5, 5.41) is 7.38. The molecule has 6 heteroatoms. The maximum atomic E-state index is 14.0. The molecule has 2 aliphatic rings. The molecule has 0 radical (unpaired) electrons. The molecular formula is C27H24Cl2N2O2. The molecule has 2 amide bonds.